The first-order valence-corrected chi connectivity index (χ1v) is 13.8. The van der Waals surface area contributed by atoms with Gasteiger partial charge in [0.2, 0.25) is 5.91 Å². The van der Waals surface area contributed by atoms with Crippen molar-refractivity contribution in [1.29, 1.82) is 0 Å². The van der Waals surface area contributed by atoms with Crippen LogP contribution in [-0.4, -0.2) is 53.5 Å². The molecule has 1 aromatic heterocycles. The fraction of sp³-hybridized carbons (Fsp3) is 0.480. The fourth-order valence-corrected chi connectivity index (χ4v) is 7.44. The Morgan fingerprint density at radius 2 is 1.86 bits per heavy atom. The number of hydrogen-bond acceptors (Lipinski definition) is 7. The third kappa shape index (κ3) is 6.56. The molecule has 0 spiro atoms. The van der Waals surface area contributed by atoms with Crippen LogP contribution in [0.3, 0.4) is 0 Å². The van der Waals surface area contributed by atoms with E-state index in [9.17, 15) is 14.4 Å². The summed E-state index contributed by atoms with van der Waals surface area (Å²) in [5, 5.41) is 11.9. The summed E-state index contributed by atoms with van der Waals surface area (Å²) in [6.07, 6.45) is 5.90. The van der Waals surface area contributed by atoms with Crippen molar-refractivity contribution in [2.24, 2.45) is 0 Å². The van der Waals surface area contributed by atoms with Gasteiger partial charge in [-0.15, -0.1) is 23.1 Å². The Morgan fingerprint density at radius 3 is 2.60 bits per heavy atom. The second-order valence-corrected chi connectivity index (χ2v) is 11.5. The van der Waals surface area contributed by atoms with Crippen LogP contribution in [0.5, 0.6) is 0 Å². The lowest BCUT2D eigenvalue weighted by Gasteiger charge is -2.35. The Kier molecular flexibility index (Phi) is 8.69. The van der Waals surface area contributed by atoms with Gasteiger partial charge in [0.1, 0.15) is 0 Å². The highest BCUT2D eigenvalue weighted by Gasteiger charge is 2.38. The van der Waals surface area contributed by atoms with Crippen molar-refractivity contribution in [3.05, 3.63) is 41.3 Å². The van der Waals surface area contributed by atoms with Crippen molar-refractivity contribution in [1.82, 2.24) is 10.4 Å². The molecule has 8 nitrogen and oxygen atoms in total. The lowest BCUT2D eigenvalue weighted by Crippen LogP contribution is -2.37. The minimum Gasteiger partial charge on any atom is -0.439 e. The van der Waals surface area contributed by atoms with Crippen LogP contribution < -0.4 is 10.8 Å². The Hall–Kier alpha value is -2.56. The van der Waals surface area contributed by atoms with E-state index in [1.165, 1.54) is 0 Å². The topological polar surface area (TPSA) is 108 Å². The van der Waals surface area contributed by atoms with Gasteiger partial charge in [-0.1, -0.05) is 18.6 Å². The quantitative estimate of drug-likeness (QED) is 0.353. The molecule has 3 amide bonds. The van der Waals surface area contributed by atoms with Crippen molar-refractivity contribution in [2.75, 3.05) is 30.8 Å². The Labute approximate surface area is 213 Å². The lowest BCUT2D eigenvalue weighted by atomic mass is 9.94. The van der Waals surface area contributed by atoms with Crippen LogP contribution in [0.15, 0.2) is 36.4 Å². The van der Waals surface area contributed by atoms with Gasteiger partial charge in [-0.3, -0.25) is 14.8 Å². The molecule has 3 heterocycles. The van der Waals surface area contributed by atoms with Crippen LogP contribution in [0.4, 0.5) is 10.5 Å². The zero-order valence-electron chi connectivity index (χ0n) is 19.6. The molecule has 2 aliphatic rings. The van der Waals surface area contributed by atoms with Gasteiger partial charge in [0.05, 0.1) is 4.75 Å². The molecule has 0 radical (unpaired) electrons. The van der Waals surface area contributed by atoms with E-state index in [4.69, 9.17) is 9.94 Å². The molecule has 188 valence electrons. The summed E-state index contributed by atoms with van der Waals surface area (Å²) in [4.78, 5) is 40.3. The van der Waals surface area contributed by atoms with Crippen LogP contribution in [0.25, 0.3) is 10.4 Å². The number of piperidine rings is 1. The Bertz CT molecular complexity index is 1050. The molecule has 3 N–H and O–H groups in total. The van der Waals surface area contributed by atoms with Crippen molar-refractivity contribution >= 4 is 46.7 Å². The molecule has 4 rings (SSSR count). The normalized spacial score (nSPS) is 20.2. The summed E-state index contributed by atoms with van der Waals surface area (Å²) in [6.45, 7) is 1.03. The first-order chi connectivity index (χ1) is 17.0. The van der Waals surface area contributed by atoms with Gasteiger partial charge >= 0.3 is 6.09 Å². The van der Waals surface area contributed by atoms with Crippen LogP contribution in [0, 0.1) is 0 Å². The van der Waals surface area contributed by atoms with E-state index >= 15 is 0 Å². The van der Waals surface area contributed by atoms with Crippen LogP contribution in [-0.2, 0) is 19.1 Å². The minimum atomic E-state index is -0.441. The van der Waals surface area contributed by atoms with Gasteiger partial charge in [-0.05, 0) is 67.7 Å². The van der Waals surface area contributed by atoms with Gasteiger partial charge < -0.3 is 15.0 Å². The number of thiophene rings is 1. The molecule has 0 bridgehead atoms. The molecule has 1 aromatic carbocycles. The largest absolute Gasteiger partial charge is 0.439 e. The Morgan fingerprint density at radius 1 is 1.03 bits per heavy atom. The van der Waals surface area contributed by atoms with E-state index in [1.807, 2.05) is 24.3 Å². The summed E-state index contributed by atoms with van der Waals surface area (Å²) in [6, 6.07) is 11.6. The predicted molar refractivity (Wildman–Crippen MR) is 138 cm³/mol. The predicted octanol–water partition coefficient (Wildman–Crippen LogP) is 4.98. The number of benzene rings is 1. The van der Waals surface area contributed by atoms with Gasteiger partial charge in [-0.25, -0.2) is 10.3 Å². The highest BCUT2D eigenvalue weighted by molar-refractivity contribution is 8.00. The summed E-state index contributed by atoms with van der Waals surface area (Å²) >= 11 is 3.41. The number of nitrogens with one attached hydrogen (secondary N) is 2. The molecule has 2 aromatic rings. The molecule has 2 aliphatic heterocycles. The molecule has 2 fully saturated rings. The standard InChI is InChI=1S/C25H31N3O5S2/c29-22(27-32)16-25(11-2-5-14-34-25)21-10-9-20(35-21)18-7-6-8-19(15-18)26-23(30)17-33-24(31)28-12-3-1-4-13-28/h6-10,15,32H,1-5,11-14,16-17H2,(H,26,30)(H,27,29)/t25-/m0/s1. The van der Waals surface area contributed by atoms with E-state index in [-0.39, 0.29) is 29.6 Å². The first-order valence-electron chi connectivity index (χ1n) is 12.0. The number of hydrogen-bond donors (Lipinski definition) is 3. The summed E-state index contributed by atoms with van der Waals surface area (Å²) in [5.74, 6) is 0.225. The number of rotatable bonds is 7. The Balaban J connectivity index is 1.40. The number of thioether (sulfide) groups is 1. The van der Waals surface area contributed by atoms with Crippen LogP contribution in [0.2, 0.25) is 0 Å². The number of anilines is 1. The molecular weight excluding hydrogens is 486 g/mol. The average molecular weight is 518 g/mol. The number of likely N-dealkylation sites (tertiary alicyclic amines) is 1. The average Bonchev–Trinajstić information content (AvgIpc) is 3.40. The van der Waals surface area contributed by atoms with E-state index in [1.54, 1.807) is 39.5 Å². The van der Waals surface area contributed by atoms with E-state index in [0.29, 0.717) is 18.8 Å². The number of carbonyl (C=O) groups excluding carboxylic acids is 3. The molecule has 0 unspecified atom stereocenters. The molecule has 2 saturated heterocycles. The highest BCUT2D eigenvalue weighted by Crippen LogP contribution is 2.50. The van der Waals surface area contributed by atoms with E-state index in [0.717, 1.165) is 59.6 Å². The number of amides is 3. The SMILES string of the molecule is O=C(C[C@]1(c2ccc(-c3cccc(NC(=O)COC(=O)N4CCCCC4)c3)s2)CCCCS1)NO. The number of ether oxygens (including phenoxy) is 1. The molecule has 0 aliphatic carbocycles. The molecule has 1 atom stereocenters. The van der Waals surface area contributed by atoms with Crippen molar-refractivity contribution in [3.63, 3.8) is 0 Å². The smallest absolute Gasteiger partial charge is 0.410 e. The summed E-state index contributed by atoms with van der Waals surface area (Å²) in [5.41, 5.74) is 3.36. The second kappa shape index (κ2) is 11.9. The van der Waals surface area contributed by atoms with Crippen LogP contribution >= 0.6 is 23.1 Å². The molecule has 0 saturated carbocycles. The number of carbonyl (C=O) groups is 3. The monoisotopic (exact) mass is 517 g/mol. The third-order valence-corrected chi connectivity index (χ3v) is 9.43. The maximum Gasteiger partial charge on any atom is 0.410 e. The minimum absolute atomic E-state index is 0.236. The summed E-state index contributed by atoms with van der Waals surface area (Å²) in [7, 11) is 0. The maximum absolute atomic E-state index is 12.4. The molecule has 10 heteroatoms. The van der Waals surface area contributed by atoms with Crippen molar-refractivity contribution in [3.8, 4) is 10.4 Å². The van der Waals surface area contributed by atoms with Crippen LogP contribution in [0.1, 0.15) is 49.8 Å². The number of hydroxylamine groups is 1. The van der Waals surface area contributed by atoms with Gasteiger partial charge in [0, 0.05) is 35.0 Å². The molecular formula is C25H31N3O5S2. The maximum atomic E-state index is 12.4. The van der Waals surface area contributed by atoms with Crippen molar-refractivity contribution < 1.29 is 24.3 Å². The van der Waals surface area contributed by atoms with Crippen molar-refractivity contribution in [2.45, 2.75) is 49.7 Å². The van der Waals surface area contributed by atoms with E-state index in [2.05, 4.69) is 11.4 Å². The fourth-order valence-electron chi connectivity index (χ4n) is 4.55. The van der Waals surface area contributed by atoms with Gasteiger partial charge in [0.25, 0.3) is 5.91 Å². The first kappa shape index (κ1) is 25.5. The summed E-state index contributed by atoms with van der Waals surface area (Å²) < 4.78 is 4.84. The number of nitrogens with zero attached hydrogens (tertiary/aromatic N) is 1. The second-order valence-electron chi connectivity index (χ2n) is 8.91. The van der Waals surface area contributed by atoms with Gasteiger partial charge in [-0.2, -0.15) is 0 Å². The molecule has 35 heavy (non-hydrogen) atoms. The highest BCUT2D eigenvalue weighted by atomic mass is 32.2. The van der Waals surface area contributed by atoms with Gasteiger partial charge in [0.15, 0.2) is 6.61 Å². The third-order valence-electron chi connectivity index (χ3n) is 6.35. The zero-order valence-corrected chi connectivity index (χ0v) is 21.2. The zero-order chi connectivity index (χ0) is 24.7. The van der Waals surface area contributed by atoms with E-state index < -0.39 is 6.09 Å². The lowest BCUT2D eigenvalue weighted by molar-refractivity contribution is -0.129.